The fourth-order valence-corrected chi connectivity index (χ4v) is 6.04. The number of aromatic nitrogens is 4. The van der Waals surface area contributed by atoms with Crippen LogP contribution in [0.2, 0.25) is 0 Å². The van der Waals surface area contributed by atoms with Gasteiger partial charge in [-0.05, 0) is 44.2 Å². The lowest BCUT2D eigenvalue weighted by Crippen LogP contribution is -2.46. The summed E-state index contributed by atoms with van der Waals surface area (Å²) in [5, 5.41) is 14.8. The van der Waals surface area contributed by atoms with Gasteiger partial charge in [-0.2, -0.15) is 9.97 Å². The zero-order valence-corrected chi connectivity index (χ0v) is 22.4. The first-order chi connectivity index (χ1) is 19.9. The van der Waals surface area contributed by atoms with Gasteiger partial charge in [-0.15, -0.1) is 0 Å². The summed E-state index contributed by atoms with van der Waals surface area (Å²) in [6.45, 7) is 2.75. The molecule has 1 aromatic carbocycles. The number of morpholine rings is 1. The Balaban J connectivity index is 1.24. The number of carbonyl (C=O) groups excluding carboxylic acids is 1. The number of nitrogens with one attached hydrogen (secondary N) is 2. The highest BCUT2D eigenvalue weighted by molar-refractivity contribution is 5.87. The van der Waals surface area contributed by atoms with Gasteiger partial charge in [-0.3, -0.25) is 9.36 Å². The van der Waals surface area contributed by atoms with Crippen molar-refractivity contribution in [2.45, 2.75) is 56.7 Å². The van der Waals surface area contributed by atoms with Crippen LogP contribution in [0.25, 0.3) is 16.9 Å². The van der Waals surface area contributed by atoms with E-state index in [1.807, 2.05) is 4.90 Å². The van der Waals surface area contributed by atoms with Crippen LogP contribution in [0.15, 0.2) is 30.3 Å². The number of halogens is 2. The van der Waals surface area contributed by atoms with Crippen LogP contribution in [-0.4, -0.2) is 92.5 Å². The minimum Gasteiger partial charge on any atom is -0.465 e. The van der Waals surface area contributed by atoms with Crippen molar-refractivity contribution in [1.82, 2.24) is 29.7 Å². The van der Waals surface area contributed by atoms with Crippen LogP contribution in [0.4, 0.5) is 25.3 Å². The molecule has 6 rings (SSSR count). The highest BCUT2D eigenvalue weighted by Crippen LogP contribution is 2.31. The molecule has 1 saturated carbocycles. The Hall–Kier alpha value is -4.07. The predicted octanol–water partition coefficient (Wildman–Crippen LogP) is 3.18. The van der Waals surface area contributed by atoms with Crippen LogP contribution >= 0.6 is 0 Å². The van der Waals surface area contributed by atoms with E-state index in [1.54, 1.807) is 35.2 Å². The first-order valence-electron chi connectivity index (χ1n) is 13.9. The molecule has 14 heteroatoms. The molecule has 218 valence electrons. The quantitative estimate of drug-likeness (QED) is 0.391. The maximum atomic E-state index is 14.1. The number of benzene rings is 1. The summed E-state index contributed by atoms with van der Waals surface area (Å²) >= 11 is 0. The molecule has 0 bridgehead atoms. The predicted molar refractivity (Wildman–Crippen MR) is 146 cm³/mol. The van der Waals surface area contributed by atoms with E-state index in [4.69, 9.17) is 19.8 Å². The lowest BCUT2D eigenvalue weighted by Gasteiger charge is -2.35. The van der Waals surface area contributed by atoms with E-state index in [9.17, 15) is 18.4 Å². The van der Waals surface area contributed by atoms with Gasteiger partial charge in [0.25, 0.3) is 6.43 Å². The third kappa shape index (κ3) is 5.60. The Morgan fingerprint density at radius 3 is 2.51 bits per heavy atom. The number of carbonyl (C=O) groups is 2. The Kier molecular flexibility index (Phi) is 7.56. The Bertz CT molecular complexity index is 1420. The summed E-state index contributed by atoms with van der Waals surface area (Å²) in [6.07, 6.45) is -0.446. The average molecular weight is 571 g/mol. The van der Waals surface area contributed by atoms with Crippen molar-refractivity contribution >= 4 is 34.8 Å². The van der Waals surface area contributed by atoms with Crippen LogP contribution in [0, 0.1) is 0 Å². The van der Waals surface area contributed by atoms with Crippen LogP contribution in [0.3, 0.4) is 0 Å². The summed E-state index contributed by atoms with van der Waals surface area (Å²) in [4.78, 5) is 41.1. The van der Waals surface area contributed by atoms with Gasteiger partial charge in [0.1, 0.15) is 17.7 Å². The normalized spacial score (nSPS) is 23.4. The first-order valence-corrected chi connectivity index (χ1v) is 13.9. The number of nitrogens with zero attached hydrogens (tertiary/aromatic N) is 6. The Morgan fingerprint density at radius 2 is 1.78 bits per heavy atom. The van der Waals surface area contributed by atoms with E-state index in [-0.39, 0.29) is 23.8 Å². The number of likely N-dealkylation sites (tertiary alicyclic amines) is 1. The van der Waals surface area contributed by atoms with Crippen LogP contribution in [0.5, 0.6) is 0 Å². The van der Waals surface area contributed by atoms with E-state index in [1.165, 1.54) is 4.57 Å². The van der Waals surface area contributed by atoms with Gasteiger partial charge in [-0.1, -0.05) is 12.1 Å². The second kappa shape index (κ2) is 11.4. The molecule has 0 unspecified atom stereocenters. The van der Waals surface area contributed by atoms with Gasteiger partial charge in [0, 0.05) is 37.8 Å². The molecular formula is C27H32F2N8O4. The van der Waals surface area contributed by atoms with Gasteiger partial charge in [0.05, 0.1) is 24.2 Å². The fraction of sp³-hybridized carbons (Fsp3) is 0.519. The summed E-state index contributed by atoms with van der Waals surface area (Å²) < 4.78 is 35.1. The molecule has 12 nitrogen and oxygen atoms in total. The molecule has 2 saturated heterocycles. The van der Waals surface area contributed by atoms with E-state index < -0.39 is 18.6 Å². The average Bonchev–Trinajstić information content (AvgIpc) is 3.54. The fourth-order valence-electron chi connectivity index (χ4n) is 6.04. The van der Waals surface area contributed by atoms with Crippen molar-refractivity contribution in [3.63, 3.8) is 0 Å². The Labute approximate surface area is 234 Å². The number of hydrogen-bond acceptors (Lipinski definition) is 8. The van der Waals surface area contributed by atoms with Gasteiger partial charge in [-0.25, -0.2) is 18.6 Å². The zero-order chi connectivity index (χ0) is 28.5. The van der Waals surface area contributed by atoms with Gasteiger partial charge in [0.2, 0.25) is 11.9 Å². The number of hydrogen-bond donors (Lipinski definition) is 3. The van der Waals surface area contributed by atoms with Gasteiger partial charge in [0.15, 0.2) is 5.82 Å². The molecule has 0 spiro atoms. The highest BCUT2D eigenvalue weighted by atomic mass is 19.3. The van der Waals surface area contributed by atoms with E-state index in [0.29, 0.717) is 67.9 Å². The molecule has 41 heavy (non-hydrogen) atoms. The van der Waals surface area contributed by atoms with Gasteiger partial charge < -0.3 is 30.3 Å². The largest absolute Gasteiger partial charge is 0.465 e. The summed E-state index contributed by atoms with van der Waals surface area (Å²) in [5.41, 5.74) is 0.992. The minimum atomic E-state index is -2.80. The number of fused-ring (bicyclic) bond motifs is 1. The van der Waals surface area contributed by atoms with Crippen LogP contribution in [-0.2, 0) is 9.53 Å². The molecule has 1 aliphatic carbocycles. The SMILES string of the molecule is O=C(O)N[C@@H]1CCN(C2CCC(Nc3cc(-n4c(C(F)F)nc5ccccc54)nc(N4CCOCC4)n3)CC2)C1=O. The molecule has 3 fully saturated rings. The molecular weight excluding hydrogens is 538 g/mol. The lowest BCUT2D eigenvalue weighted by atomic mass is 9.90. The maximum absolute atomic E-state index is 14.1. The number of para-hydroxylation sites is 2. The Morgan fingerprint density at radius 1 is 1.02 bits per heavy atom. The maximum Gasteiger partial charge on any atom is 0.405 e. The molecule has 1 atom stereocenters. The van der Waals surface area contributed by atoms with Gasteiger partial charge >= 0.3 is 6.09 Å². The van der Waals surface area contributed by atoms with Crippen molar-refractivity contribution in [1.29, 1.82) is 0 Å². The highest BCUT2D eigenvalue weighted by Gasteiger charge is 2.38. The van der Waals surface area contributed by atoms with E-state index in [0.717, 1.165) is 25.7 Å². The summed E-state index contributed by atoms with van der Waals surface area (Å²) in [6, 6.07) is 8.10. The molecule has 2 aliphatic heterocycles. The van der Waals surface area contributed by atoms with Crippen molar-refractivity contribution in [3.8, 4) is 5.82 Å². The van der Waals surface area contributed by atoms with Crippen LogP contribution in [0.1, 0.15) is 44.4 Å². The van der Waals surface area contributed by atoms with E-state index in [2.05, 4.69) is 15.6 Å². The molecule has 4 heterocycles. The van der Waals surface area contributed by atoms with Crippen molar-refractivity contribution < 1.29 is 28.2 Å². The van der Waals surface area contributed by atoms with Crippen molar-refractivity contribution in [2.24, 2.45) is 0 Å². The van der Waals surface area contributed by atoms with E-state index >= 15 is 0 Å². The third-order valence-electron chi connectivity index (χ3n) is 8.03. The lowest BCUT2D eigenvalue weighted by molar-refractivity contribution is -0.131. The zero-order valence-electron chi connectivity index (χ0n) is 22.4. The first kappa shape index (κ1) is 27.1. The molecule has 3 N–H and O–H groups in total. The number of imidazole rings is 1. The van der Waals surface area contributed by atoms with Crippen molar-refractivity contribution in [3.05, 3.63) is 36.2 Å². The number of ether oxygens (including phenoxy) is 1. The molecule has 3 aromatic rings. The van der Waals surface area contributed by atoms with Crippen molar-refractivity contribution in [2.75, 3.05) is 43.1 Å². The van der Waals surface area contributed by atoms with Crippen LogP contribution < -0.4 is 15.5 Å². The number of amides is 2. The molecule has 2 aromatic heterocycles. The minimum absolute atomic E-state index is 0.0527. The summed E-state index contributed by atoms with van der Waals surface area (Å²) in [5.74, 6) is 0.721. The summed E-state index contributed by atoms with van der Waals surface area (Å²) in [7, 11) is 0. The standard InChI is InChI=1S/C27H32F2N8O4/c28-23(29)24-31-18-3-1-2-4-20(18)37(24)22-15-21(33-26(34-22)35-11-13-41-14-12-35)30-16-5-7-17(8-6-16)36-10-9-19(25(36)38)32-27(39)40/h1-4,15-17,19,23,32H,5-14H2,(H,39,40)(H,30,33,34)/t16?,17?,19-/m1/s1. The molecule has 0 radical (unpaired) electrons. The second-order valence-electron chi connectivity index (χ2n) is 10.6. The number of carboxylic acid groups (broad SMARTS) is 1. The monoisotopic (exact) mass is 570 g/mol. The number of anilines is 2. The third-order valence-corrected chi connectivity index (χ3v) is 8.03. The smallest absolute Gasteiger partial charge is 0.405 e. The molecule has 3 aliphatic rings. The molecule has 2 amide bonds. The number of alkyl halides is 2. The number of rotatable bonds is 7. The second-order valence-corrected chi connectivity index (χ2v) is 10.6. The topological polar surface area (TPSA) is 138 Å².